The van der Waals surface area contributed by atoms with Gasteiger partial charge in [-0.3, -0.25) is 15.0 Å². The fourth-order valence-corrected chi connectivity index (χ4v) is 2.45. The maximum absolute atomic E-state index is 11.2. The Hall–Kier alpha value is -1.82. The fourth-order valence-electron chi connectivity index (χ4n) is 2.45. The predicted octanol–water partition coefficient (Wildman–Crippen LogP) is 3.13. The molecule has 118 valence electrons. The van der Waals surface area contributed by atoms with E-state index in [1.165, 1.54) is 7.11 Å². The van der Waals surface area contributed by atoms with E-state index < -0.39 is 4.92 Å². The van der Waals surface area contributed by atoms with Crippen molar-refractivity contribution in [3.8, 4) is 5.75 Å². The van der Waals surface area contributed by atoms with Gasteiger partial charge in [-0.2, -0.15) is 0 Å². The van der Waals surface area contributed by atoms with E-state index in [1.54, 1.807) is 18.2 Å². The first kappa shape index (κ1) is 17.2. The summed E-state index contributed by atoms with van der Waals surface area (Å²) in [6.45, 7) is 10.1. The molecule has 1 aromatic rings. The Morgan fingerprint density at radius 3 is 2.38 bits per heavy atom. The van der Waals surface area contributed by atoms with Gasteiger partial charge < -0.3 is 10.1 Å². The Bertz CT molecular complexity index is 467. The lowest BCUT2D eigenvalue weighted by molar-refractivity contribution is -0.384. The van der Waals surface area contributed by atoms with Crippen LogP contribution in [0.2, 0.25) is 0 Å². The van der Waals surface area contributed by atoms with E-state index in [-0.39, 0.29) is 11.4 Å². The summed E-state index contributed by atoms with van der Waals surface area (Å²) in [5.41, 5.74) is 0.479. The lowest BCUT2D eigenvalue weighted by atomic mass is 10.2. The molecule has 0 amide bonds. The Labute approximate surface area is 126 Å². The highest BCUT2D eigenvalue weighted by Gasteiger charge is 2.20. The predicted molar refractivity (Wildman–Crippen MR) is 85.1 cm³/mol. The molecular weight excluding hydrogens is 270 g/mol. The van der Waals surface area contributed by atoms with Crippen LogP contribution in [0, 0.1) is 10.1 Å². The molecule has 1 rings (SSSR count). The van der Waals surface area contributed by atoms with E-state index in [4.69, 9.17) is 4.74 Å². The second kappa shape index (κ2) is 7.83. The molecule has 0 radical (unpaired) electrons. The Morgan fingerprint density at radius 2 is 1.90 bits per heavy atom. The van der Waals surface area contributed by atoms with Gasteiger partial charge in [-0.1, -0.05) is 6.07 Å². The Morgan fingerprint density at radius 1 is 1.29 bits per heavy atom. The second-order valence-electron chi connectivity index (χ2n) is 5.47. The highest BCUT2D eigenvalue weighted by Crippen LogP contribution is 2.34. The van der Waals surface area contributed by atoms with Gasteiger partial charge >= 0.3 is 5.69 Å². The van der Waals surface area contributed by atoms with Crippen molar-refractivity contribution in [3.63, 3.8) is 0 Å². The monoisotopic (exact) mass is 295 g/mol. The van der Waals surface area contributed by atoms with Crippen molar-refractivity contribution in [3.05, 3.63) is 28.3 Å². The first-order valence-electron chi connectivity index (χ1n) is 7.19. The van der Waals surface area contributed by atoms with Gasteiger partial charge in [0, 0.05) is 25.2 Å². The molecule has 0 atom stereocenters. The topological polar surface area (TPSA) is 67.6 Å². The van der Waals surface area contributed by atoms with Gasteiger partial charge in [-0.05, 0) is 39.8 Å². The summed E-state index contributed by atoms with van der Waals surface area (Å²) >= 11 is 0. The third-order valence-electron chi connectivity index (χ3n) is 3.41. The maximum Gasteiger partial charge on any atom is 0.333 e. The number of hydrogen-bond acceptors (Lipinski definition) is 5. The van der Waals surface area contributed by atoms with Gasteiger partial charge in [0.1, 0.15) is 5.69 Å². The van der Waals surface area contributed by atoms with Gasteiger partial charge in [-0.25, -0.2) is 0 Å². The number of benzene rings is 1. The van der Waals surface area contributed by atoms with Crippen LogP contribution in [0.15, 0.2) is 18.2 Å². The first-order chi connectivity index (χ1) is 9.88. The second-order valence-corrected chi connectivity index (χ2v) is 5.47. The summed E-state index contributed by atoms with van der Waals surface area (Å²) in [6, 6.07) is 5.92. The minimum atomic E-state index is -0.413. The van der Waals surface area contributed by atoms with Crippen molar-refractivity contribution in [2.24, 2.45) is 0 Å². The van der Waals surface area contributed by atoms with E-state index in [2.05, 4.69) is 37.9 Å². The van der Waals surface area contributed by atoms with Crippen LogP contribution in [-0.2, 0) is 0 Å². The van der Waals surface area contributed by atoms with E-state index in [0.717, 1.165) is 6.54 Å². The molecule has 0 saturated heterocycles. The largest absolute Gasteiger partial charge is 0.490 e. The SMILES string of the molecule is COc1cccc(NCCN(C(C)C)C(C)C)c1[N+](=O)[O-]. The molecule has 0 aromatic heterocycles. The number of methoxy groups -OCH3 is 1. The van der Waals surface area contributed by atoms with Crippen molar-refractivity contribution in [1.82, 2.24) is 4.90 Å². The van der Waals surface area contributed by atoms with Gasteiger partial charge in [0.2, 0.25) is 0 Å². The van der Waals surface area contributed by atoms with Crippen LogP contribution in [0.4, 0.5) is 11.4 Å². The zero-order chi connectivity index (χ0) is 16.0. The van der Waals surface area contributed by atoms with E-state index in [0.29, 0.717) is 24.3 Å². The maximum atomic E-state index is 11.2. The van der Waals surface area contributed by atoms with E-state index >= 15 is 0 Å². The molecule has 0 aliphatic carbocycles. The summed E-state index contributed by atoms with van der Waals surface area (Å²) in [5.74, 6) is 0.273. The molecule has 6 nitrogen and oxygen atoms in total. The van der Waals surface area contributed by atoms with Crippen LogP contribution in [0.1, 0.15) is 27.7 Å². The molecule has 0 aliphatic heterocycles. The first-order valence-corrected chi connectivity index (χ1v) is 7.19. The van der Waals surface area contributed by atoms with Gasteiger partial charge in [0.05, 0.1) is 12.0 Å². The summed E-state index contributed by atoms with van der Waals surface area (Å²) in [7, 11) is 1.44. The van der Waals surface area contributed by atoms with Crippen LogP contribution in [-0.4, -0.2) is 42.1 Å². The zero-order valence-corrected chi connectivity index (χ0v) is 13.4. The Kier molecular flexibility index (Phi) is 6.42. The average molecular weight is 295 g/mol. The number of nitro groups is 1. The normalized spacial score (nSPS) is 11.2. The van der Waals surface area contributed by atoms with Crippen LogP contribution in [0.5, 0.6) is 5.75 Å². The molecule has 0 bridgehead atoms. The molecule has 6 heteroatoms. The summed E-state index contributed by atoms with van der Waals surface area (Å²) < 4.78 is 5.06. The average Bonchev–Trinajstić information content (AvgIpc) is 2.41. The number of para-hydroxylation sites is 1. The summed E-state index contributed by atoms with van der Waals surface area (Å²) in [6.07, 6.45) is 0. The van der Waals surface area contributed by atoms with E-state index in [1.807, 2.05) is 0 Å². The fraction of sp³-hybridized carbons (Fsp3) is 0.600. The van der Waals surface area contributed by atoms with Crippen LogP contribution in [0.3, 0.4) is 0 Å². The molecule has 0 fully saturated rings. The minimum absolute atomic E-state index is 0.0133. The summed E-state index contributed by atoms with van der Waals surface area (Å²) in [5, 5.41) is 14.3. The molecule has 1 N–H and O–H groups in total. The van der Waals surface area contributed by atoms with Crippen LogP contribution < -0.4 is 10.1 Å². The van der Waals surface area contributed by atoms with Crippen molar-refractivity contribution in [1.29, 1.82) is 0 Å². The Balaban J connectivity index is 2.78. The quantitative estimate of drug-likeness (QED) is 0.589. The lowest BCUT2D eigenvalue weighted by Gasteiger charge is -2.30. The van der Waals surface area contributed by atoms with Crippen molar-refractivity contribution in [2.45, 2.75) is 39.8 Å². The number of rotatable bonds is 8. The number of nitro benzene ring substituents is 1. The van der Waals surface area contributed by atoms with Crippen LogP contribution in [0.25, 0.3) is 0 Å². The minimum Gasteiger partial charge on any atom is -0.490 e. The highest BCUT2D eigenvalue weighted by molar-refractivity contribution is 5.68. The number of ether oxygens (including phenoxy) is 1. The third-order valence-corrected chi connectivity index (χ3v) is 3.41. The highest BCUT2D eigenvalue weighted by atomic mass is 16.6. The standard InChI is InChI=1S/C15H25N3O3/c1-11(2)17(12(3)4)10-9-16-13-7-6-8-14(21-5)15(13)18(19)20/h6-8,11-12,16H,9-10H2,1-5H3. The molecule has 0 heterocycles. The summed E-state index contributed by atoms with van der Waals surface area (Å²) in [4.78, 5) is 13.1. The molecular formula is C15H25N3O3. The lowest BCUT2D eigenvalue weighted by Crippen LogP contribution is -2.40. The smallest absolute Gasteiger partial charge is 0.333 e. The van der Waals surface area contributed by atoms with E-state index in [9.17, 15) is 10.1 Å². The van der Waals surface area contributed by atoms with Crippen LogP contribution >= 0.6 is 0 Å². The zero-order valence-electron chi connectivity index (χ0n) is 13.4. The number of anilines is 1. The van der Waals surface area contributed by atoms with Gasteiger partial charge in [0.15, 0.2) is 5.75 Å². The number of nitrogens with zero attached hydrogens (tertiary/aromatic N) is 2. The molecule has 21 heavy (non-hydrogen) atoms. The molecule has 0 unspecified atom stereocenters. The molecule has 0 spiro atoms. The van der Waals surface area contributed by atoms with Crippen molar-refractivity contribution in [2.75, 3.05) is 25.5 Å². The molecule has 0 aliphatic rings. The third kappa shape index (κ3) is 4.60. The van der Waals surface area contributed by atoms with Gasteiger partial charge in [-0.15, -0.1) is 0 Å². The molecule has 1 aromatic carbocycles. The molecule has 0 saturated carbocycles. The number of nitrogens with one attached hydrogen (secondary N) is 1. The van der Waals surface area contributed by atoms with Gasteiger partial charge in [0.25, 0.3) is 0 Å². The van der Waals surface area contributed by atoms with Crippen molar-refractivity contribution < 1.29 is 9.66 Å². The number of hydrogen-bond donors (Lipinski definition) is 1. The van der Waals surface area contributed by atoms with Crippen molar-refractivity contribution >= 4 is 11.4 Å².